The summed E-state index contributed by atoms with van der Waals surface area (Å²) >= 11 is 0. The third-order valence-electron chi connectivity index (χ3n) is 3.00. The molecular formula is C13H18N2O2. The minimum atomic E-state index is -0.220. The smallest absolute Gasteiger partial charge is 0.270 e. The van der Waals surface area contributed by atoms with E-state index in [4.69, 9.17) is 0 Å². The Kier molecular flexibility index (Phi) is 3.61. The fourth-order valence-electron chi connectivity index (χ4n) is 1.89. The summed E-state index contributed by atoms with van der Waals surface area (Å²) in [4.78, 5) is 27.9. The van der Waals surface area contributed by atoms with Crippen molar-refractivity contribution in [3.8, 4) is 0 Å². The number of hydrogen-bond donors (Lipinski definition) is 1. The highest BCUT2D eigenvalue weighted by molar-refractivity contribution is 5.92. The highest BCUT2D eigenvalue weighted by atomic mass is 16.2. The van der Waals surface area contributed by atoms with Gasteiger partial charge in [-0.25, -0.2) is 0 Å². The zero-order chi connectivity index (χ0) is 12.3. The van der Waals surface area contributed by atoms with Crippen molar-refractivity contribution in [3.05, 3.63) is 34.2 Å². The molecule has 0 unspecified atom stereocenters. The van der Waals surface area contributed by atoms with E-state index in [9.17, 15) is 9.59 Å². The van der Waals surface area contributed by atoms with Crippen LogP contribution in [0.1, 0.15) is 43.1 Å². The van der Waals surface area contributed by atoms with Crippen LogP contribution in [0, 0.1) is 0 Å². The van der Waals surface area contributed by atoms with Crippen LogP contribution in [0.15, 0.2) is 23.0 Å². The van der Waals surface area contributed by atoms with Gasteiger partial charge in [-0.15, -0.1) is 0 Å². The molecule has 1 saturated carbocycles. The number of aromatic amines is 1. The molecule has 17 heavy (non-hydrogen) atoms. The first-order valence-electron chi connectivity index (χ1n) is 6.22. The fraction of sp³-hybridized carbons (Fsp3) is 0.538. The number of amides is 1. The maximum Gasteiger partial charge on any atom is 0.270 e. The summed E-state index contributed by atoms with van der Waals surface area (Å²) in [6.07, 6.45) is 4.26. The molecule has 4 nitrogen and oxygen atoms in total. The van der Waals surface area contributed by atoms with Crippen LogP contribution in [0.25, 0.3) is 0 Å². The Bertz CT molecular complexity index is 449. The number of hydrogen-bond acceptors (Lipinski definition) is 2. The first-order chi connectivity index (χ1) is 8.22. The van der Waals surface area contributed by atoms with E-state index >= 15 is 0 Å². The van der Waals surface area contributed by atoms with Crippen LogP contribution in [0.2, 0.25) is 0 Å². The van der Waals surface area contributed by atoms with E-state index in [2.05, 4.69) is 11.9 Å². The van der Waals surface area contributed by atoms with Crippen molar-refractivity contribution in [2.75, 3.05) is 6.54 Å². The maximum atomic E-state index is 12.2. The summed E-state index contributed by atoms with van der Waals surface area (Å²) in [6, 6.07) is 5.10. The molecule has 0 spiro atoms. The van der Waals surface area contributed by atoms with Crippen LogP contribution in [0.5, 0.6) is 0 Å². The Labute approximate surface area is 101 Å². The lowest BCUT2D eigenvalue weighted by molar-refractivity contribution is 0.0734. The van der Waals surface area contributed by atoms with E-state index in [1.807, 2.05) is 4.90 Å². The summed E-state index contributed by atoms with van der Waals surface area (Å²) in [7, 11) is 0. The average molecular weight is 234 g/mol. The van der Waals surface area contributed by atoms with Gasteiger partial charge in [0.15, 0.2) is 0 Å². The largest absolute Gasteiger partial charge is 0.334 e. The van der Waals surface area contributed by atoms with Crippen molar-refractivity contribution >= 4 is 5.91 Å². The topological polar surface area (TPSA) is 53.2 Å². The van der Waals surface area contributed by atoms with E-state index in [1.165, 1.54) is 6.07 Å². The van der Waals surface area contributed by atoms with Crippen molar-refractivity contribution in [1.29, 1.82) is 0 Å². The monoisotopic (exact) mass is 234 g/mol. The summed E-state index contributed by atoms with van der Waals surface area (Å²) in [5, 5.41) is 0. The van der Waals surface area contributed by atoms with E-state index in [1.54, 1.807) is 12.1 Å². The van der Waals surface area contributed by atoms with Crippen LogP contribution >= 0.6 is 0 Å². The normalized spacial score (nSPS) is 14.6. The van der Waals surface area contributed by atoms with Crippen LogP contribution < -0.4 is 5.56 Å². The van der Waals surface area contributed by atoms with Gasteiger partial charge >= 0.3 is 0 Å². The molecule has 2 rings (SSSR count). The zero-order valence-corrected chi connectivity index (χ0v) is 10.1. The second-order valence-corrected chi connectivity index (χ2v) is 4.51. The zero-order valence-electron chi connectivity index (χ0n) is 10.1. The second-order valence-electron chi connectivity index (χ2n) is 4.51. The predicted molar refractivity (Wildman–Crippen MR) is 66.0 cm³/mol. The van der Waals surface area contributed by atoms with Crippen molar-refractivity contribution < 1.29 is 4.79 Å². The van der Waals surface area contributed by atoms with Crippen molar-refractivity contribution in [1.82, 2.24) is 9.88 Å². The molecule has 1 aliphatic rings. The molecule has 1 fully saturated rings. The van der Waals surface area contributed by atoms with Gasteiger partial charge in [0.2, 0.25) is 5.56 Å². The standard InChI is InChI=1S/C13H18N2O2/c1-2-3-9-15(10-7-8-10)13(17)11-5-4-6-12(16)14-11/h4-6,10H,2-3,7-9H2,1H3,(H,14,16). The molecule has 1 aromatic rings. The molecule has 92 valence electrons. The van der Waals surface area contributed by atoms with Gasteiger partial charge in [0.05, 0.1) is 0 Å². The third kappa shape index (κ3) is 2.96. The minimum absolute atomic E-state index is 0.0429. The minimum Gasteiger partial charge on any atom is -0.334 e. The molecule has 1 aliphatic carbocycles. The number of nitrogens with one attached hydrogen (secondary N) is 1. The number of carbonyl (C=O) groups excluding carboxylic acids is 1. The Balaban J connectivity index is 2.12. The number of unbranched alkanes of at least 4 members (excludes halogenated alkanes) is 1. The van der Waals surface area contributed by atoms with Gasteiger partial charge < -0.3 is 9.88 Å². The summed E-state index contributed by atoms with van der Waals surface area (Å²) < 4.78 is 0. The van der Waals surface area contributed by atoms with Gasteiger partial charge in [-0.1, -0.05) is 19.4 Å². The summed E-state index contributed by atoms with van der Waals surface area (Å²) in [6.45, 7) is 2.90. The highest BCUT2D eigenvalue weighted by Crippen LogP contribution is 2.28. The number of nitrogens with zero attached hydrogens (tertiary/aromatic N) is 1. The first kappa shape index (κ1) is 11.9. The Morgan fingerprint density at radius 3 is 2.82 bits per heavy atom. The molecule has 1 heterocycles. The molecule has 0 atom stereocenters. The van der Waals surface area contributed by atoms with Crippen LogP contribution in [-0.2, 0) is 0 Å². The quantitative estimate of drug-likeness (QED) is 0.844. The molecule has 1 amide bonds. The van der Waals surface area contributed by atoms with Gasteiger partial charge in [0.1, 0.15) is 5.69 Å². The van der Waals surface area contributed by atoms with Crippen molar-refractivity contribution in [3.63, 3.8) is 0 Å². The van der Waals surface area contributed by atoms with Gasteiger partial charge in [0, 0.05) is 18.7 Å². The lowest BCUT2D eigenvalue weighted by Gasteiger charge is -2.21. The molecule has 0 aromatic carbocycles. The number of H-pyrrole nitrogens is 1. The van der Waals surface area contributed by atoms with Gasteiger partial charge in [-0.05, 0) is 25.3 Å². The summed E-state index contributed by atoms with van der Waals surface area (Å²) in [5.41, 5.74) is 0.183. The summed E-state index contributed by atoms with van der Waals surface area (Å²) in [5.74, 6) is -0.0429. The number of rotatable bonds is 5. The van der Waals surface area contributed by atoms with E-state index in [0.717, 1.165) is 32.2 Å². The maximum absolute atomic E-state index is 12.2. The molecule has 0 bridgehead atoms. The van der Waals surface area contributed by atoms with Gasteiger partial charge in [0.25, 0.3) is 5.91 Å². The first-order valence-corrected chi connectivity index (χ1v) is 6.22. The van der Waals surface area contributed by atoms with E-state index in [0.29, 0.717) is 11.7 Å². The fourth-order valence-corrected chi connectivity index (χ4v) is 1.89. The lowest BCUT2D eigenvalue weighted by atomic mass is 10.2. The second kappa shape index (κ2) is 5.17. The van der Waals surface area contributed by atoms with Crippen LogP contribution in [0.3, 0.4) is 0 Å². The number of carbonyl (C=O) groups is 1. The van der Waals surface area contributed by atoms with Gasteiger partial charge in [-0.3, -0.25) is 9.59 Å². The molecule has 4 heteroatoms. The molecule has 1 aromatic heterocycles. The molecule has 0 radical (unpaired) electrons. The lowest BCUT2D eigenvalue weighted by Crippen LogP contribution is -2.35. The van der Waals surface area contributed by atoms with Crippen LogP contribution in [-0.4, -0.2) is 28.4 Å². The Morgan fingerprint density at radius 1 is 1.47 bits per heavy atom. The van der Waals surface area contributed by atoms with Crippen molar-refractivity contribution in [2.24, 2.45) is 0 Å². The third-order valence-corrected chi connectivity index (χ3v) is 3.00. The molecule has 0 saturated heterocycles. The van der Waals surface area contributed by atoms with E-state index < -0.39 is 0 Å². The SMILES string of the molecule is CCCCN(C(=O)c1cccc(=O)[nH]1)C1CC1. The van der Waals surface area contributed by atoms with E-state index in [-0.39, 0.29) is 11.5 Å². The highest BCUT2D eigenvalue weighted by Gasteiger charge is 2.32. The Hall–Kier alpha value is -1.58. The average Bonchev–Trinajstić information content (AvgIpc) is 3.14. The predicted octanol–water partition coefficient (Wildman–Crippen LogP) is 1.78. The molecular weight excluding hydrogens is 216 g/mol. The van der Waals surface area contributed by atoms with Crippen molar-refractivity contribution in [2.45, 2.75) is 38.6 Å². The van der Waals surface area contributed by atoms with Crippen LogP contribution in [0.4, 0.5) is 0 Å². The molecule has 0 aliphatic heterocycles. The number of pyridine rings is 1. The Morgan fingerprint density at radius 2 is 2.24 bits per heavy atom. The van der Waals surface area contributed by atoms with Gasteiger partial charge in [-0.2, -0.15) is 0 Å². The molecule has 1 N–H and O–H groups in total. The number of aromatic nitrogens is 1.